The Morgan fingerprint density at radius 2 is 2.17 bits per heavy atom. The summed E-state index contributed by atoms with van der Waals surface area (Å²) in [7, 11) is 0. The van der Waals surface area contributed by atoms with Crippen molar-refractivity contribution >= 4 is 35.4 Å². The second kappa shape index (κ2) is 6.02. The summed E-state index contributed by atoms with van der Waals surface area (Å²) < 4.78 is 0. The molecule has 0 spiro atoms. The van der Waals surface area contributed by atoms with Crippen LogP contribution in [0.5, 0.6) is 0 Å². The van der Waals surface area contributed by atoms with Crippen LogP contribution in [0.25, 0.3) is 11.0 Å². The molecule has 0 fully saturated rings. The monoisotopic (exact) mass is 280 g/mol. The fourth-order valence-electron chi connectivity index (χ4n) is 1.81. The molecule has 98 valence electrons. The van der Waals surface area contributed by atoms with Crippen LogP contribution in [-0.2, 0) is 0 Å². The number of fused-ring (bicyclic) bond motifs is 1. The van der Waals surface area contributed by atoms with Gasteiger partial charge in [-0.15, -0.1) is 0 Å². The van der Waals surface area contributed by atoms with Gasteiger partial charge >= 0.3 is 0 Å². The molecule has 0 bridgehead atoms. The molecule has 0 aliphatic rings. The van der Waals surface area contributed by atoms with Gasteiger partial charge in [0.1, 0.15) is 0 Å². The van der Waals surface area contributed by atoms with Gasteiger partial charge in [0.25, 0.3) is 0 Å². The maximum Gasteiger partial charge on any atom is 0.166 e. The molecule has 4 heteroatoms. The lowest BCUT2D eigenvalue weighted by Crippen LogP contribution is -2.13. The van der Waals surface area contributed by atoms with Crippen LogP contribution in [0.2, 0.25) is 0 Å². The molecule has 1 unspecified atom stereocenters. The van der Waals surface area contributed by atoms with E-state index in [1.54, 1.807) is 11.8 Å². The summed E-state index contributed by atoms with van der Waals surface area (Å²) in [5.41, 5.74) is 3.44. The topological polar surface area (TPSA) is 28.7 Å². The van der Waals surface area contributed by atoms with E-state index in [9.17, 15) is 0 Å². The van der Waals surface area contributed by atoms with E-state index in [2.05, 4.69) is 61.6 Å². The molecular weight excluding hydrogens is 260 g/mol. The zero-order valence-electron chi connectivity index (χ0n) is 11.1. The predicted molar refractivity (Wildman–Crippen MR) is 83.7 cm³/mol. The van der Waals surface area contributed by atoms with E-state index in [0.29, 0.717) is 11.8 Å². The maximum absolute atomic E-state index is 4.60. The lowest BCUT2D eigenvalue weighted by atomic mass is 10.0. The van der Waals surface area contributed by atoms with E-state index in [1.165, 1.54) is 5.56 Å². The van der Waals surface area contributed by atoms with Crippen LogP contribution >= 0.6 is 24.4 Å². The third kappa shape index (κ3) is 3.23. The van der Waals surface area contributed by atoms with Crippen LogP contribution in [-0.4, -0.2) is 21.5 Å². The quantitative estimate of drug-likeness (QED) is 0.636. The number of aryl methyl sites for hydroxylation is 1. The van der Waals surface area contributed by atoms with Crippen LogP contribution in [0.15, 0.2) is 23.4 Å². The number of nitrogens with one attached hydrogen (secondary N) is 1. The third-order valence-corrected chi connectivity index (χ3v) is 4.76. The molecule has 1 heterocycles. The number of rotatable bonds is 5. The Labute approximate surface area is 118 Å². The average molecular weight is 280 g/mol. The van der Waals surface area contributed by atoms with Crippen molar-refractivity contribution in [1.82, 2.24) is 9.97 Å². The molecule has 0 radical (unpaired) electrons. The molecule has 2 nitrogen and oxygen atoms in total. The van der Waals surface area contributed by atoms with Gasteiger partial charge in [0.15, 0.2) is 5.16 Å². The third-order valence-electron chi connectivity index (χ3n) is 3.23. The Bertz CT molecular complexity index is 519. The Morgan fingerprint density at radius 1 is 1.39 bits per heavy atom. The largest absolute Gasteiger partial charge is 0.333 e. The second-order valence-electron chi connectivity index (χ2n) is 5.06. The fraction of sp³-hybridized carbons (Fsp3) is 0.500. The van der Waals surface area contributed by atoms with Gasteiger partial charge in [0, 0.05) is 5.75 Å². The number of aromatic nitrogens is 2. The van der Waals surface area contributed by atoms with E-state index in [4.69, 9.17) is 0 Å². The van der Waals surface area contributed by atoms with Crippen molar-refractivity contribution in [2.45, 2.75) is 25.9 Å². The van der Waals surface area contributed by atoms with Gasteiger partial charge in [0.2, 0.25) is 0 Å². The molecular formula is C14H20N2S2. The molecule has 1 aromatic carbocycles. The number of thioether (sulfide) groups is 1. The normalized spacial score (nSPS) is 13.4. The summed E-state index contributed by atoms with van der Waals surface area (Å²) in [4.78, 5) is 7.98. The van der Waals surface area contributed by atoms with E-state index in [-0.39, 0.29) is 0 Å². The van der Waals surface area contributed by atoms with E-state index >= 15 is 0 Å². The summed E-state index contributed by atoms with van der Waals surface area (Å²) in [6.07, 6.45) is 0. The SMILES string of the molecule is Cc1ccc2nc(SCC(CS)C(C)C)[nH]c2c1. The number of hydrogen-bond donors (Lipinski definition) is 2. The minimum atomic E-state index is 0.633. The maximum atomic E-state index is 4.60. The molecule has 1 atom stereocenters. The molecule has 2 aromatic rings. The van der Waals surface area contributed by atoms with Crippen molar-refractivity contribution in [3.8, 4) is 0 Å². The molecule has 0 saturated heterocycles. The van der Waals surface area contributed by atoms with E-state index < -0.39 is 0 Å². The van der Waals surface area contributed by atoms with Crippen LogP contribution in [0.1, 0.15) is 19.4 Å². The highest BCUT2D eigenvalue weighted by Gasteiger charge is 2.13. The highest BCUT2D eigenvalue weighted by Crippen LogP contribution is 2.25. The number of imidazole rings is 1. The van der Waals surface area contributed by atoms with Crippen LogP contribution in [0.4, 0.5) is 0 Å². The highest BCUT2D eigenvalue weighted by molar-refractivity contribution is 7.99. The smallest absolute Gasteiger partial charge is 0.166 e. The number of aromatic amines is 1. The first-order chi connectivity index (χ1) is 8.60. The van der Waals surface area contributed by atoms with Gasteiger partial charge in [-0.2, -0.15) is 12.6 Å². The number of H-pyrrole nitrogens is 1. The van der Waals surface area contributed by atoms with Gasteiger partial charge in [-0.05, 0) is 42.2 Å². The summed E-state index contributed by atoms with van der Waals surface area (Å²) >= 11 is 6.22. The number of thiol groups is 1. The van der Waals surface area contributed by atoms with Crippen molar-refractivity contribution in [2.75, 3.05) is 11.5 Å². The van der Waals surface area contributed by atoms with Crippen LogP contribution in [0.3, 0.4) is 0 Å². The van der Waals surface area contributed by atoms with Gasteiger partial charge in [-0.3, -0.25) is 0 Å². The summed E-state index contributed by atoms with van der Waals surface area (Å²) in [5.74, 6) is 3.30. The summed E-state index contributed by atoms with van der Waals surface area (Å²) in [6.45, 7) is 6.61. The summed E-state index contributed by atoms with van der Waals surface area (Å²) in [5, 5.41) is 1.02. The Morgan fingerprint density at radius 3 is 2.83 bits per heavy atom. The van der Waals surface area contributed by atoms with Gasteiger partial charge < -0.3 is 4.98 Å². The fourth-order valence-corrected chi connectivity index (χ4v) is 3.76. The molecule has 18 heavy (non-hydrogen) atoms. The lowest BCUT2D eigenvalue weighted by Gasteiger charge is -2.16. The van der Waals surface area contributed by atoms with Gasteiger partial charge in [0.05, 0.1) is 11.0 Å². The molecule has 1 aromatic heterocycles. The van der Waals surface area contributed by atoms with Gasteiger partial charge in [-0.1, -0.05) is 31.7 Å². The molecule has 2 rings (SSSR count). The highest BCUT2D eigenvalue weighted by atomic mass is 32.2. The number of benzene rings is 1. The first-order valence-electron chi connectivity index (χ1n) is 6.30. The van der Waals surface area contributed by atoms with Crippen molar-refractivity contribution in [2.24, 2.45) is 11.8 Å². The standard InChI is InChI=1S/C14H20N2S2/c1-9(2)11(7-17)8-18-14-15-12-5-4-10(3)6-13(12)16-14/h4-6,9,11,17H,7-8H2,1-3H3,(H,15,16). The first kappa shape index (κ1) is 13.8. The van der Waals surface area contributed by atoms with Crippen molar-refractivity contribution < 1.29 is 0 Å². The average Bonchev–Trinajstić information content (AvgIpc) is 2.71. The minimum Gasteiger partial charge on any atom is -0.333 e. The van der Waals surface area contributed by atoms with Crippen molar-refractivity contribution in [3.05, 3.63) is 23.8 Å². The molecule has 1 N–H and O–H groups in total. The van der Waals surface area contributed by atoms with Gasteiger partial charge in [-0.25, -0.2) is 4.98 Å². The molecule has 0 aliphatic carbocycles. The Balaban J connectivity index is 2.08. The summed E-state index contributed by atoms with van der Waals surface area (Å²) in [6, 6.07) is 6.32. The molecule has 0 amide bonds. The van der Waals surface area contributed by atoms with E-state index in [1.807, 2.05) is 0 Å². The Hall–Kier alpha value is -0.610. The predicted octanol–water partition coefficient (Wildman–Crippen LogP) is 4.17. The Kier molecular flexibility index (Phi) is 4.62. The van der Waals surface area contributed by atoms with Crippen molar-refractivity contribution in [3.63, 3.8) is 0 Å². The van der Waals surface area contributed by atoms with Crippen LogP contribution in [0, 0.1) is 18.8 Å². The zero-order valence-corrected chi connectivity index (χ0v) is 12.8. The number of hydrogen-bond acceptors (Lipinski definition) is 3. The molecule has 0 saturated carbocycles. The first-order valence-corrected chi connectivity index (χ1v) is 7.92. The second-order valence-corrected chi connectivity index (χ2v) is 6.43. The molecule has 0 aliphatic heterocycles. The zero-order chi connectivity index (χ0) is 13.1. The van der Waals surface area contributed by atoms with Crippen LogP contribution < -0.4 is 0 Å². The minimum absolute atomic E-state index is 0.633. The van der Waals surface area contributed by atoms with E-state index in [0.717, 1.165) is 27.7 Å². The van der Waals surface area contributed by atoms with Crippen molar-refractivity contribution in [1.29, 1.82) is 0 Å². The lowest BCUT2D eigenvalue weighted by molar-refractivity contribution is 0.473. The number of nitrogens with zero attached hydrogens (tertiary/aromatic N) is 1.